The number of nitrogens with zero attached hydrogens (tertiary/aromatic N) is 2. The summed E-state index contributed by atoms with van der Waals surface area (Å²) >= 11 is 13.2. The first kappa shape index (κ1) is 38.6. The van der Waals surface area contributed by atoms with Crippen LogP contribution in [0.4, 0.5) is 5.69 Å². The summed E-state index contributed by atoms with van der Waals surface area (Å²) in [5.41, 5.74) is 3.12. The quantitative estimate of drug-likeness (QED) is 0.138. The third kappa shape index (κ3) is 9.50. The number of rotatable bonds is 15. The molecule has 0 aromatic heterocycles. The first-order valence-corrected chi connectivity index (χ1v) is 18.3. The van der Waals surface area contributed by atoms with E-state index in [1.165, 1.54) is 37.3 Å². The summed E-state index contributed by atoms with van der Waals surface area (Å²) in [5, 5.41) is 3.59. The van der Waals surface area contributed by atoms with Gasteiger partial charge in [-0.05, 0) is 72.9 Å². The van der Waals surface area contributed by atoms with Gasteiger partial charge in [0.1, 0.15) is 12.6 Å². The molecule has 266 valence electrons. The number of anilines is 1. The van der Waals surface area contributed by atoms with Crippen molar-refractivity contribution in [2.45, 2.75) is 51.6 Å². The highest BCUT2D eigenvalue weighted by Gasteiger charge is 2.35. The maximum absolute atomic E-state index is 14.8. The van der Waals surface area contributed by atoms with Gasteiger partial charge in [0, 0.05) is 41.2 Å². The number of hydrogen-bond acceptors (Lipinski definition) is 6. The van der Waals surface area contributed by atoms with E-state index in [2.05, 4.69) is 5.32 Å². The van der Waals surface area contributed by atoms with E-state index in [4.69, 9.17) is 32.7 Å². The standard InChI is InChI=1S/C38H43Cl2N3O6S/c1-25(2)22-41-38(45)34(20-28-11-8-7-9-12-28)42(23-31-32(39)13-10-14-33(31)40)37(44)24-43(29-18-26(3)17-27(4)19-29)50(46,47)30-15-16-35(48-5)36(21-30)49-6/h7-19,21,25,34H,20,22-24H2,1-6H3,(H,41,45)/t34-/m0/s1. The van der Waals surface area contributed by atoms with Crippen LogP contribution in [0.15, 0.2) is 89.8 Å². The Morgan fingerprint density at radius 1 is 0.820 bits per heavy atom. The monoisotopic (exact) mass is 739 g/mol. The lowest BCUT2D eigenvalue weighted by Crippen LogP contribution is -2.53. The Morgan fingerprint density at radius 3 is 2.02 bits per heavy atom. The zero-order valence-electron chi connectivity index (χ0n) is 29.1. The molecule has 50 heavy (non-hydrogen) atoms. The van der Waals surface area contributed by atoms with Gasteiger partial charge in [0.2, 0.25) is 11.8 Å². The molecule has 0 aliphatic carbocycles. The van der Waals surface area contributed by atoms with Crippen LogP contribution in [-0.4, -0.2) is 58.5 Å². The van der Waals surface area contributed by atoms with Crippen LogP contribution in [0.1, 0.15) is 36.1 Å². The largest absolute Gasteiger partial charge is 0.493 e. The Hall–Kier alpha value is -4.25. The van der Waals surface area contributed by atoms with Gasteiger partial charge in [0.05, 0.1) is 24.8 Å². The van der Waals surface area contributed by atoms with Crippen molar-refractivity contribution in [1.82, 2.24) is 10.2 Å². The molecule has 0 spiro atoms. The number of hydrogen-bond donors (Lipinski definition) is 1. The molecule has 0 aliphatic rings. The van der Waals surface area contributed by atoms with E-state index < -0.39 is 28.5 Å². The molecule has 0 aliphatic heterocycles. The Labute approximate surface area is 305 Å². The number of amides is 2. The predicted molar refractivity (Wildman–Crippen MR) is 199 cm³/mol. The van der Waals surface area contributed by atoms with Crippen molar-refractivity contribution in [2.75, 3.05) is 31.6 Å². The molecule has 4 aromatic rings. The summed E-state index contributed by atoms with van der Waals surface area (Å²) in [4.78, 5) is 30.1. The Morgan fingerprint density at radius 2 is 1.44 bits per heavy atom. The van der Waals surface area contributed by atoms with Gasteiger partial charge in [-0.3, -0.25) is 13.9 Å². The zero-order valence-corrected chi connectivity index (χ0v) is 31.4. The van der Waals surface area contributed by atoms with E-state index in [9.17, 15) is 18.0 Å². The first-order chi connectivity index (χ1) is 23.7. The van der Waals surface area contributed by atoms with Crippen molar-refractivity contribution in [2.24, 2.45) is 5.92 Å². The third-order valence-corrected chi connectivity index (χ3v) is 10.5. The zero-order chi connectivity index (χ0) is 36.6. The Kier molecular flexibility index (Phi) is 13.2. The van der Waals surface area contributed by atoms with E-state index in [1.807, 2.05) is 64.1 Å². The van der Waals surface area contributed by atoms with Crippen LogP contribution in [0.25, 0.3) is 0 Å². The number of halogens is 2. The molecule has 0 radical (unpaired) electrons. The van der Waals surface area contributed by atoms with Crippen LogP contribution in [-0.2, 0) is 32.6 Å². The fraction of sp³-hybridized carbons (Fsp3) is 0.316. The van der Waals surface area contributed by atoms with Crippen LogP contribution in [0.3, 0.4) is 0 Å². The number of carbonyl (C=O) groups is 2. The molecule has 0 saturated heterocycles. The van der Waals surface area contributed by atoms with Crippen LogP contribution >= 0.6 is 23.2 Å². The number of nitrogens with one attached hydrogen (secondary N) is 1. The fourth-order valence-corrected chi connectivity index (χ4v) is 7.49. The summed E-state index contributed by atoms with van der Waals surface area (Å²) in [6, 6.07) is 22.8. The maximum atomic E-state index is 14.8. The minimum Gasteiger partial charge on any atom is -0.493 e. The molecule has 0 unspecified atom stereocenters. The molecule has 12 heteroatoms. The summed E-state index contributed by atoms with van der Waals surface area (Å²) in [7, 11) is -1.53. The van der Waals surface area contributed by atoms with Gasteiger partial charge in [-0.15, -0.1) is 0 Å². The fourth-order valence-electron chi connectivity index (χ4n) is 5.56. The van der Waals surface area contributed by atoms with Gasteiger partial charge in [-0.1, -0.05) is 79.5 Å². The predicted octanol–water partition coefficient (Wildman–Crippen LogP) is 7.24. The van der Waals surface area contributed by atoms with Crippen molar-refractivity contribution < 1.29 is 27.5 Å². The van der Waals surface area contributed by atoms with Gasteiger partial charge < -0.3 is 19.7 Å². The van der Waals surface area contributed by atoms with Crippen molar-refractivity contribution in [1.29, 1.82) is 0 Å². The Bertz CT molecular complexity index is 1880. The summed E-state index contributed by atoms with van der Waals surface area (Å²) < 4.78 is 40.9. The SMILES string of the molecule is COc1ccc(S(=O)(=O)N(CC(=O)N(Cc2c(Cl)cccc2Cl)[C@@H](Cc2ccccc2)C(=O)NCC(C)C)c2cc(C)cc(C)c2)cc1OC. The van der Waals surface area contributed by atoms with Gasteiger partial charge in [0.15, 0.2) is 11.5 Å². The second-order valence-electron chi connectivity index (χ2n) is 12.4. The maximum Gasteiger partial charge on any atom is 0.264 e. The summed E-state index contributed by atoms with van der Waals surface area (Å²) in [5.74, 6) is -0.325. The van der Waals surface area contributed by atoms with E-state index >= 15 is 0 Å². The van der Waals surface area contributed by atoms with Gasteiger partial charge in [-0.25, -0.2) is 8.42 Å². The molecule has 4 aromatic carbocycles. The number of sulfonamides is 1. The smallest absolute Gasteiger partial charge is 0.264 e. The average molecular weight is 741 g/mol. The minimum absolute atomic E-state index is 0.113. The van der Waals surface area contributed by atoms with Gasteiger partial charge in [0.25, 0.3) is 10.0 Å². The molecule has 0 bridgehead atoms. The molecule has 0 heterocycles. The molecular weight excluding hydrogens is 697 g/mol. The highest BCUT2D eigenvalue weighted by molar-refractivity contribution is 7.92. The van der Waals surface area contributed by atoms with E-state index in [0.717, 1.165) is 21.0 Å². The number of benzene rings is 4. The van der Waals surface area contributed by atoms with E-state index in [-0.39, 0.29) is 41.1 Å². The normalized spacial score (nSPS) is 11.9. The number of aryl methyl sites for hydroxylation is 2. The molecular formula is C38H43Cl2N3O6S. The molecule has 1 N–H and O–H groups in total. The highest BCUT2D eigenvalue weighted by atomic mass is 35.5. The number of carbonyl (C=O) groups excluding carboxylic acids is 2. The average Bonchev–Trinajstić information content (AvgIpc) is 3.08. The van der Waals surface area contributed by atoms with Gasteiger partial charge >= 0.3 is 0 Å². The molecule has 9 nitrogen and oxygen atoms in total. The topological polar surface area (TPSA) is 105 Å². The Balaban J connectivity index is 1.88. The molecule has 0 saturated carbocycles. The van der Waals surface area contributed by atoms with Crippen LogP contribution in [0.5, 0.6) is 11.5 Å². The second kappa shape index (κ2) is 17.1. The van der Waals surface area contributed by atoms with E-state index in [1.54, 1.807) is 30.3 Å². The molecule has 2 amide bonds. The van der Waals surface area contributed by atoms with Crippen LogP contribution < -0.4 is 19.1 Å². The van der Waals surface area contributed by atoms with Crippen molar-refractivity contribution in [3.63, 3.8) is 0 Å². The minimum atomic E-state index is -4.39. The van der Waals surface area contributed by atoms with Crippen molar-refractivity contribution >= 4 is 50.7 Å². The van der Waals surface area contributed by atoms with Crippen molar-refractivity contribution in [3.05, 3.63) is 117 Å². The number of methoxy groups -OCH3 is 2. The van der Waals surface area contributed by atoms with Gasteiger partial charge in [-0.2, -0.15) is 0 Å². The summed E-state index contributed by atoms with van der Waals surface area (Å²) in [6.45, 7) is 7.23. The first-order valence-electron chi connectivity index (χ1n) is 16.1. The van der Waals surface area contributed by atoms with E-state index in [0.29, 0.717) is 27.9 Å². The summed E-state index contributed by atoms with van der Waals surface area (Å²) in [6.07, 6.45) is 0.157. The number of ether oxygens (including phenoxy) is 2. The third-order valence-electron chi connectivity index (χ3n) is 8.06. The molecule has 1 atom stereocenters. The van der Waals surface area contributed by atoms with Crippen LogP contribution in [0, 0.1) is 19.8 Å². The lowest BCUT2D eigenvalue weighted by molar-refractivity contribution is -0.140. The lowest BCUT2D eigenvalue weighted by Gasteiger charge is -2.34. The second-order valence-corrected chi connectivity index (χ2v) is 15.1. The highest BCUT2D eigenvalue weighted by Crippen LogP contribution is 2.34. The van der Waals surface area contributed by atoms with Crippen LogP contribution in [0.2, 0.25) is 10.0 Å². The molecule has 4 rings (SSSR count). The lowest BCUT2D eigenvalue weighted by atomic mass is 10.0. The molecule has 0 fully saturated rings. The van der Waals surface area contributed by atoms with Crippen molar-refractivity contribution in [3.8, 4) is 11.5 Å².